The van der Waals surface area contributed by atoms with Gasteiger partial charge in [-0.05, 0) is 45.4 Å². The second-order valence-electron chi connectivity index (χ2n) is 9.28. The summed E-state index contributed by atoms with van der Waals surface area (Å²) < 4.78 is 6.10. The highest BCUT2D eigenvalue weighted by molar-refractivity contribution is 5.80. The van der Waals surface area contributed by atoms with E-state index in [0.717, 1.165) is 90.6 Å². The Bertz CT molecular complexity index is 534. The van der Waals surface area contributed by atoms with E-state index in [1.54, 1.807) is 0 Å². The number of piperazine rings is 1. The molecule has 2 saturated heterocycles. The summed E-state index contributed by atoms with van der Waals surface area (Å²) in [5, 5.41) is 3.45. The van der Waals surface area contributed by atoms with Crippen molar-refractivity contribution in [1.29, 1.82) is 0 Å². The first-order valence-corrected chi connectivity index (χ1v) is 12.9. The second-order valence-corrected chi connectivity index (χ2v) is 9.28. The van der Waals surface area contributed by atoms with Crippen LogP contribution in [-0.4, -0.2) is 98.2 Å². The van der Waals surface area contributed by atoms with Crippen LogP contribution in [0.15, 0.2) is 4.99 Å². The first-order valence-electron chi connectivity index (χ1n) is 12.9. The van der Waals surface area contributed by atoms with Crippen molar-refractivity contribution in [2.45, 2.75) is 77.2 Å². The molecule has 1 amide bonds. The van der Waals surface area contributed by atoms with Gasteiger partial charge in [0, 0.05) is 59.0 Å². The Labute approximate surface area is 189 Å². The summed E-state index contributed by atoms with van der Waals surface area (Å²) in [6.07, 6.45) is 12.9. The maximum Gasteiger partial charge on any atom is 0.236 e. The molecular formula is C24H45N5O2. The van der Waals surface area contributed by atoms with Crippen LogP contribution in [0.3, 0.4) is 0 Å². The summed E-state index contributed by atoms with van der Waals surface area (Å²) in [6.45, 7) is 10.9. The molecule has 1 saturated carbocycles. The van der Waals surface area contributed by atoms with Gasteiger partial charge in [-0.25, -0.2) is 0 Å². The third kappa shape index (κ3) is 8.60. The van der Waals surface area contributed by atoms with Crippen LogP contribution < -0.4 is 5.32 Å². The first-order chi connectivity index (χ1) is 15.3. The van der Waals surface area contributed by atoms with Crippen LogP contribution in [0.2, 0.25) is 0 Å². The highest BCUT2D eigenvalue weighted by atomic mass is 16.5. The fourth-order valence-electron chi connectivity index (χ4n) is 4.86. The van der Waals surface area contributed by atoms with Crippen LogP contribution in [-0.2, 0) is 9.53 Å². The number of amides is 1. The number of carbonyl (C=O) groups is 1. The topological polar surface area (TPSA) is 60.4 Å². The second kappa shape index (κ2) is 13.9. The lowest BCUT2D eigenvalue weighted by Crippen LogP contribution is -2.54. The van der Waals surface area contributed by atoms with Crippen LogP contribution in [0, 0.1) is 0 Å². The van der Waals surface area contributed by atoms with Crippen molar-refractivity contribution in [2.24, 2.45) is 4.99 Å². The van der Waals surface area contributed by atoms with Gasteiger partial charge in [0.25, 0.3) is 0 Å². The van der Waals surface area contributed by atoms with Crippen LogP contribution in [0.5, 0.6) is 0 Å². The third-order valence-electron chi connectivity index (χ3n) is 6.79. The van der Waals surface area contributed by atoms with Crippen LogP contribution >= 0.6 is 0 Å². The SMILES string of the molecule is CCNC(=NCCCCOC1CCCCCC1)N1CCN(CC(=O)N2CCCC2)CC1. The molecule has 1 aliphatic carbocycles. The van der Waals surface area contributed by atoms with Crippen molar-refractivity contribution < 1.29 is 9.53 Å². The zero-order valence-electron chi connectivity index (χ0n) is 19.8. The van der Waals surface area contributed by atoms with E-state index in [1.165, 1.54) is 38.5 Å². The number of rotatable bonds is 9. The fourth-order valence-corrected chi connectivity index (χ4v) is 4.86. The Balaban J connectivity index is 1.32. The highest BCUT2D eigenvalue weighted by Crippen LogP contribution is 2.20. The molecule has 3 fully saturated rings. The molecule has 0 aromatic rings. The van der Waals surface area contributed by atoms with Crippen molar-refractivity contribution in [2.75, 3.05) is 65.5 Å². The number of hydrogen-bond acceptors (Lipinski definition) is 4. The molecule has 0 bridgehead atoms. The molecule has 0 unspecified atom stereocenters. The summed E-state index contributed by atoms with van der Waals surface area (Å²) in [5.41, 5.74) is 0. The molecule has 0 atom stereocenters. The molecule has 2 aliphatic heterocycles. The Morgan fingerprint density at radius 2 is 1.61 bits per heavy atom. The number of ether oxygens (including phenoxy) is 1. The predicted octanol–water partition coefficient (Wildman–Crippen LogP) is 2.71. The van der Waals surface area contributed by atoms with Gasteiger partial charge >= 0.3 is 0 Å². The third-order valence-corrected chi connectivity index (χ3v) is 6.79. The van der Waals surface area contributed by atoms with Gasteiger partial charge in [0.05, 0.1) is 12.6 Å². The van der Waals surface area contributed by atoms with Crippen LogP contribution in [0.25, 0.3) is 0 Å². The highest BCUT2D eigenvalue weighted by Gasteiger charge is 2.24. The van der Waals surface area contributed by atoms with E-state index in [4.69, 9.17) is 9.73 Å². The number of carbonyl (C=O) groups excluding carboxylic acids is 1. The monoisotopic (exact) mass is 435 g/mol. The van der Waals surface area contributed by atoms with Crippen LogP contribution in [0.4, 0.5) is 0 Å². The Kier molecular flexibility index (Phi) is 10.9. The van der Waals surface area contributed by atoms with Crippen LogP contribution in [0.1, 0.15) is 71.1 Å². The smallest absolute Gasteiger partial charge is 0.236 e. The van der Waals surface area contributed by atoms with E-state index in [9.17, 15) is 4.79 Å². The average Bonchev–Trinajstić information content (AvgIpc) is 3.21. The lowest BCUT2D eigenvalue weighted by atomic mass is 10.1. The predicted molar refractivity (Wildman–Crippen MR) is 126 cm³/mol. The standard InChI is InChI=1S/C24H45N5O2/c1-2-25-24(26-13-7-10-20-31-22-11-5-3-4-6-12-22)29-18-16-27(17-19-29)21-23(30)28-14-8-9-15-28/h22H,2-21H2,1H3,(H,25,26). The van der Waals surface area contributed by atoms with Crippen molar-refractivity contribution in [3.8, 4) is 0 Å². The van der Waals surface area contributed by atoms with Gasteiger partial charge < -0.3 is 19.9 Å². The Hall–Kier alpha value is -1.34. The van der Waals surface area contributed by atoms with Crippen molar-refractivity contribution >= 4 is 11.9 Å². The fraction of sp³-hybridized carbons (Fsp3) is 0.917. The molecule has 7 nitrogen and oxygen atoms in total. The van der Waals surface area contributed by atoms with Crippen molar-refractivity contribution in [3.63, 3.8) is 0 Å². The molecule has 0 radical (unpaired) electrons. The summed E-state index contributed by atoms with van der Waals surface area (Å²) in [7, 11) is 0. The van der Waals surface area contributed by atoms with Gasteiger partial charge in [-0.2, -0.15) is 0 Å². The minimum atomic E-state index is 0.303. The molecule has 3 rings (SSSR count). The van der Waals surface area contributed by atoms with Gasteiger partial charge in [-0.3, -0.25) is 14.7 Å². The van der Waals surface area contributed by atoms with E-state index in [0.29, 0.717) is 18.6 Å². The van der Waals surface area contributed by atoms with E-state index in [2.05, 4.69) is 22.0 Å². The van der Waals surface area contributed by atoms with E-state index in [-0.39, 0.29) is 0 Å². The number of nitrogens with one attached hydrogen (secondary N) is 1. The summed E-state index contributed by atoms with van der Waals surface area (Å²) in [4.78, 5) is 23.9. The van der Waals surface area contributed by atoms with Gasteiger partial charge in [0.1, 0.15) is 0 Å². The first kappa shape index (κ1) is 24.3. The molecule has 0 aromatic heterocycles. The van der Waals surface area contributed by atoms with E-state index in [1.807, 2.05) is 4.90 Å². The lowest BCUT2D eigenvalue weighted by Gasteiger charge is -2.36. The number of guanidine groups is 1. The number of likely N-dealkylation sites (tertiary alicyclic amines) is 1. The quantitative estimate of drug-likeness (QED) is 0.261. The number of nitrogens with zero attached hydrogens (tertiary/aromatic N) is 4. The minimum absolute atomic E-state index is 0.303. The zero-order valence-corrected chi connectivity index (χ0v) is 19.8. The van der Waals surface area contributed by atoms with Gasteiger partial charge in [-0.15, -0.1) is 0 Å². The maximum atomic E-state index is 12.4. The summed E-state index contributed by atoms with van der Waals surface area (Å²) in [6, 6.07) is 0. The number of hydrogen-bond donors (Lipinski definition) is 1. The largest absolute Gasteiger partial charge is 0.378 e. The van der Waals surface area contributed by atoms with E-state index >= 15 is 0 Å². The summed E-state index contributed by atoms with van der Waals surface area (Å²) >= 11 is 0. The maximum absolute atomic E-state index is 12.4. The molecule has 2 heterocycles. The zero-order chi connectivity index (χ0) is 21.7. The van der Waals surface area contributed by atoms with Crippen molar-refractivity contribution in [1.82, 2.24) is 20.0 Å². The molecule has 7 heteroatoms. The average molecular weight is 436 g/mol. The summed E-state index contributed by atoms with van der Waals surface area (Å²) in [5.74, 6) is 1.33. The normalized spacial score (nSPS) is 22.0. The molecule has 31 heavy (non-hydrogen) atoms. The van der Waals surface area contributed by atoms with Gasteiger partial charge in [-0.1, -0.05) is 25.7 Å². The minimum Gasteiger partial charge on any atom is -0.378 e. The molecule has 1 N–H and O–H groups in total. The number of aliphatic imine (C=N–C) groups is 1. The van der Waals surface area contributed by atoms with Crippen molar-refractivity contribution in [3.05, 3.63) is 0 Å². The van der Waals surface area contributed by atoms with Gasteiger partial charge in [0.2, 0.25) is 5.91 Å². The number of unbranched alkanes of at least 4 members (excludes halogenated alkanes) is 1. The Morgan fingerprint density at radius 1 is 0.903 bits per heavy atom. The van der Waals surface area contributed by atoms with Gasteiger partial charge in [0.15, 0.2) is 5.96 Å². The Morgan fingerprint density at radius 3 is 2.29 bits per heavy atom. The lowest BCUT2D eigenvalue weighted by molar-refractivity contribution is -0.131. The molecule has 3 aliphatic rings. The molecule has 178 valence electrons. The molecular weight excluding hydrogens is 390 g/mol. The molecule has 0 aromatic carbocycles. The molecule has 0 spiro atoms. The van der Waals surface area contributed by atoms with E-state index < -0.39 is 0 Å².